The first kappa shape index (κ1) is 31.2. The molecule has 0 saturated heterocycles. The van der Waals surface area contributed by atoms with Crippen molar-refractivity contribution in [3.8, 4) is 0 Å². The Bertz CT molecular complexity index is 1610. The van der Waals surface area contributed by atoms with Gasteiger partial charge in [-0.1, -0.05) is 36.4 Å². The minimum Gasteiger partial charge on any atom is -0.480 e. The summed E-state index contributed by atoms with van der Waals surface area (Å²) in [7, 11) is 0. The number of aliphatic hydroxyl groups excluding tert-OH is 2. The second-order valence-electron chi connectivity index (χ2n) is 10.6. The van der Waals surface area contributed by atoms with Crippen molar-refractivity contribution in [2.24, 2.45) is 5.73 Å². The zero-order valence-electron chi connectivity index (χ0n) is 23.7. The smallest absolute Gasteiger partial charge is 0.328 e. The van der Waals surface area contributed by atoms with E-state index < -0.39 is 60.1 Å². The van der Waals surface area contributed by atoms with Crippen LogP contribution in [0, 0.1) is 0 Å². The van der Waals surface area contributed by atoms with Crippen molar-refractivity contribution in [3.05, 3.63) is 72.1 Å². The molecule has 4 rings (SSSR count). The van der Waals surface area contributed by atoms with Gasteiger partial charge in [-0.3, -0.25) is 14.4 Å². The second-order valence-corrected chi connectivity index (χ2v) is 10.6. The summed E-state index contributed by atoms with van der Waals surface area (Å²) in [6, 6.07) is 9.29. The molecule has 43 heavy (non-hydrogen) atoms. The number of carboxylic acids is 1. The Hall–Kier alpha value is -4.72. The molecule has 0 fully saturated rings. The highest BCUT2D eigenvalue weighted by molar-refractivity contribution is 5.95. The fourth-order valence-corrected chi connectivity index (χ4v) is 4.86. The van der Waals surface area contributed by atoms with Crippen molar-refractivity contribution in [2.75, 3.05) is 0 Å². The third-order valence-corrected chi connectivity index (χ3v) is 7.33. The number of carbonyl (C=O) groups is 4. The topological polar surface area (TPSA) is 223 Å². The quantitative estimate of drug-likeness (QED) is 0.103. The SMILES string of the molecule is CC(O)C(N)C(=O)NC(Cc1c[nH]c2ccccc12)C(=O)NC(Cc1c[nH]c2ccccc12)C(=O)NC(C(=O)O)C(C)O. The number of hydrogen-bond acceptors (Lipinski definition) is 7. The molecule has 0 aliphatic carbocycles. The number of nitrogens with one attached hydrogen (secondary N) is 5. The van der Waals surface area contributed by atoms with Gasteiger partial charge in [0.2, 0.25) is 17.7 Å². The molecule has 2 heterocycles. The molecular formula is C30H36N6O7. The molecule has 13 heteroatoms. The van der Waals surface area contributed by atoms with Crippen LogP contribution in [0.25, 0.3) is 21.8 Å². The second kappa shape index (κ2) is 13.5. The largest absolute Gasteiger partial charge is 0.480 e. The number of carbonyl (C=O) groups excluding carboxylic acids is 3. The lowest BCUT2D eigenvalue weighted by molar-refractivity contribution is -0.145. The minimum atomic E-state index is -1.62. The van der Waals surface area contributed by atoms with Crippen LogP contribution >= 0.6 is 0 Å². The lowest BCUT2D eigenvalue weighted by atomic mass is 10.0. The number of fused-ring (bicyclic) bond motifs is 2. The Morgan fingerprint density at radius 2 is 1.16 bits per heavy atom. The molecule has 0 aliphatic rings. The molecule has 2 aromatic heterocycles. The third kappa shape index (κ3) is 7.38. The summed E-state index contributed by atoms with van der Waals surface area (Å²) in [6.45, 7) is 2.58. The number of aromatic amines is 2. The molecule has 3 amide bonds. The number of aliphatic hydroxyl groups is 2. The molecule has 0 bridgehead atoms. The molecule has 2 aromatic carbocycles. The van der Waals surface area contributed by atoms with Crippen molar-refractivity contribution in [2.45, 2.75) is 63.1 Å². The van der Waals surface area contributed by atoms with Crippen LogP contribution < -0.4 is 21.7 Å². The average Bonchev–Trinajstić information content (AvgIpc) is 3.58. The van der Waals surface area contributed by atoms with E-state index in [4.69, 9.17) is 5.73 Å². The number of aliphatic carboxylic acids is 1. The first-order valence-corrected chi connectivity index (χ1v) is 13.8. The molecule has 4 aromatic rings. The molecule has 0 aliphatic heterocycles. The Morgan fingerprint density at radius 1 is 0.721 bits per heavy atom. The van der Waals surface area contributed by atoms with Crippen LogP contribution in [0.2, 0.25) is 0 Å². The summed E-state index contributed by atoms with van der Waals surface area (Å²) in [4.78, 5) is 58.0. The number of hydrogen-bond donors (Lipinski definition) is 9. The zero-order valence-corrected chi connectivity index (χ0v) is 23.7. The van der Waals surface area contributed by atoms with Crippen molar-refractivity contribution in [3.63, 3.8) is 0 Å². The van der Waals surface area contributed by atoms with Gasteiger partial charge >= 0.3 is 5.97 Å². The van der Waals surface area contributed by atoms with Gasteiger partial charge in [0.25, 0.3) is 0 Å². The van der Waals surface area contributed by atoms with Crippen molar-refractivity contribution >= 4 is 45.5 Å². The van der Waals surface area contributed by atoms with Gasteiger partial charge in [-0.25, -0.2) is 4.79 Å². The third-order valence-electron chi connectivity index (χ3n) is 7.33. The van der Waals surface area contributed by atoms with E-state index in [0.29, 0.717) is 11.1 Å². The minimum absolute atomic E-state index is 0.0148. The molecule has 228 valence electrons. The summed E-state index contributed by atoms with van der Waals surface area (Å²) in [5.41, 5.74) is 8.83. The van der Waals surface area contributed by atoms with E-state index in [-0.39, 0.29) is 12.8 Å². The van der Waals surface area contributed by atoms with Crippen molar-refractivity contribution in [1.29, 1.82) is 0 Å². The number of para-hydroxylation sites is 2. The summed E-state index contributed by atoms with van der Waals surface area (Å²) in [6.07, 6.45) is 0.776. The standard InChI is InChI=1S/C30H36N6O7/c1-15(37)25(31)29(41)35-23(11-17-13-32-21-9-5-3-7-19(17)21)27(39)34-24(28(40)36-26(16(2)38)30(42)43)12-18-14-33-22-10-6-4-8-20(18)22/h3-10,13-16,23-26,32-33,37-38H,11-12,31H2,1-2H3,(H,34,39)(H,35,41)(H,36,40)(H,42,43). The Morgan fingerprint density at radius 3 is 1.60 bits per heavy atom. The van der Waals surface area contributed by atoms with E-state index in [9.17, 15) is 34.5 Å². The lowest BCUT2D eigenvalue weighted by Gasteiger charge is -2.26. The average molecular weight is 593 g/mol. The van der Waals surface area contributed by atoms with Crippen LogP contribution in [0.4, 0.5) is 0 Å². The van der Waals surface area contributed by atoms with Crippen LogP contribution in [0.1, 0.15) is 25.0 Å². The highest BCUT2D eigenvalue weighted by atomic mass is 16.4. The monoisotopic (exact) mass is 592 g/mol. The molecule has 0 saturated carbocycles. The van der Waals surface area contributed by atoms with Gasteiger partial charge in [0.05, 0.1) is 12.2 Å². The van der Waals surface area contributed by atoms with E-state index >= 15 is 0 Å². The maximum absolute atomic E-state index is 13.8. The van der Waals surface area contributed by atoms with E-state index in [1.807, 2.05) is 48.5 Å². The number of rotatable bonds is 13. The molecule has 0 spiro atoms. The molecule has 0 radical (unpaired) electrons. The normalized spacial score (nSPS) is 15.7. The van der Waals surface area contributed by atoms with Crippen molar-refractivity contribution in [1.82, 2.24) is 25.9 Å². The summed E-state index contributed by atoms with van der Waals surface area (Å²) < 4.78 is 0. The summed E-state index contributed by atoms with van der Waals surface area (Å²) in [5.74, 6) is -3.80. The Kier molecular flexibility index (Phi) is 9.80. The summed E-state index contributed by atoms with van der Waals surface area (Å²) in [5, 5.41) is 38.5. The predicted octanol–water partition coefficient (Wildman–Crippen LogP) is 0.0623. The predicted molar refractivity (Wildman–Crippen MR) is 159 cm³/mol. The maximum atomic E-state index is 13.8. The van der Waals surface area contributed by atoms with Crippen LogP contribution in [-0.2, 0) is 32.0 Å². The van der Waals surface area contributed by atoms with Gasteiger partial charge in [0.1, 0.15) is 18.1 Å². The van der Waals surface area contributed by atoms with E-state index in [1.54, 1.807) is 12.4 Å². The molecule has 6 atom stereocenters. The van der Waals surface area contributed by atoms with Crippen LogP contribution in [0.3, 0.4) is 0 Å². The van der Waals surface area contributed by atoms with Crippen LogP contribution in [0.15, 0.2) is 60.9 Å². The molecule has 10 N–H and O–H groups in total. The lowest BCUT2D eigenvalue weighted by Crippen LogP contribution is -2.59. The van der Waals surface area contributed by atoms with Crippen molar-refractivity contribution < 1.29 is 34.5 Å². The van der Waals surface area contributed by atoms with Gasteiger partial charge in [0, 0.05) is 47.0 Å². The molecular weight excluding hydrogens is 556 g/mol. The number of nitrogens with two attached hydrogens (primary N) is 1. The number of benzene rings is 2. The van der Waals surface area contributed by atoms with Crippen LogP contribution in [0.5, 0.6) is 0 Å². The number of amides is 3. The van der Waals surface area contributed by atoms with E-state index in [1.165, 1.54) is 13.8 Å². The molecule has 13 nitrogen and oxygen atoms in total. The fourth-order valence-electron chi connectivity index (χ4n) is 4.86. The number of carboxylic acid groups (broad SMARTS) is 1. The van der Waals surface area contributed by atoms with Gasteiger partial charge in [-0.05, 0) is 37.1 Å². The molecule has 6 unspecified atom stereocenters. The van der Waals surface area contributed by atoms with Gasteiger partial charge in [-0.15, -0.1) is 0 Å². The Balaban J connectivity index is 1.65. The zero-order chi connectivity index (χ0) is 31.3. The van der Waals surface area contributed by atoms with Crippen LogP contribution in [-0.4, -0.2) is 85.4 Å². The Labute approximate surface area is 246 Å². The van der Waals surface area contributed by atoms with Gasteiger partial charge < -0.3 is 47.0 Å². The van der Waals surface area contributed by atoms with Gasteiger partial charge in [0.15, 0.2) is 6.04 Å². The highest BCUT2D eigenvalue weighted by Gasteiger charge is 2.33. The first-order chi connectivity index (χ1) is 20.5. The summed E-state index contributed by atoms with van der Waals surface area (Å²) >= 11 is 0. The number of aromatic nitrogens is 2. The van der Waals surface area contributed by atoms with E-state index in [0.717, 1.165) is 21.8 Å². The fraction of sp³-hybridized carbons (Fsp3) is 0.333. The van der Waals surface area contributed by atoms with E-state index in [2.05, 4.69) is 25.9 Å². The number of H-pyrrole nitrogens is 2. The van der Waals surface area contributed by atoms with Gasteiger partial charge in [-0.2, -0.15) is 0 Å². The first-order valence-electron chi connectivity index (χ1n) is 13.8. The highest BCUT2D eigenvalue weighted by Crippen LogP contribution is 2.21. The maximum Gasteiger partial charge on any atom is 0.328 e.